The number of aromatic nitrogens is 4. The lowest BCUT2D eigenvalue weighted by molar-refractivity contribution is 0.1000. The Morgan fingerprint density at radius 1 is 1.22 bits per heavy atom. The molecule has 6 N–H and O–H groups in total. The van der Waals surface area contributed by atoms with Crippen molar-refractivity contribution < 1.29 is 18.0 Å². The summed E-state index contributed by atoms with van der Waals surface area (Å²) in [6.45, 7) is 3.69. The van der Waals surface area contributed by atoms with Crippen LogP contribution in [0.1, 0.15) is 30.6 Å². The molecule has 0 spiro atoms. The van der Waals surface area contributed by atoms with Crippen molar-refractivity contribution in [3.05, 3.63) is 36.0 Å². The van der Waals surface area contributed by atoms with Crippen LogP contribution in [0.15, 0.2) is 24.7 Å². The van der Waals surface area contributed by atoms with Gasteiger partial charge in [0.2, 0.25) is 0 Å². The Morgan fingerprint density at radius 2 is 1.97 bits per heavy atom. The number of hydrogen-bond donors (Lipinski definition) is 4. The number of primary amides is 1. The normalized spacial score (nSPS) is 12.5. The van der Waals surface area contributed by atoms with Crippen molar-refractivity contribution in [2.24, 2.45) is 17.4 Å². The lowest BCUT2D eigenvalue weighted by Gasteiger charge is -2.21. The first-order chi connectivity index (χ1) is 15.2. The standard InChI is InChI=1S/C20H25F3N8O/c1-10(2)3-11(5-24)28-20-14(21)4-12(18(25)32)19(30-20)29-15-7-26-8-16-13(15)6-27-31(16)9-17(22)23/h4,6-8,10-11,17H,3,5,9,24H2,1-2H3,(H2,25,32)(H2,28,29,30)/t11-/m1/s1. The molecule has 0 bridgehead atoms. The van der Waals surface area contributed by atoms with Crippen molar-refractivity contribution in [2.75, 3.05) is 17.2 Å². The molecule has 172 valence electrons. The largest absolute Gasteiger partial charge is 0.365 e. The molecule has 0 saturated carbocycles. The monoisotopic (exact) mass is 450 g/mol. The first-order valence-corrected chi connectivity index (χ1v) is 10.0. The molecule has 0 saturated heterocycles. The zero-order valence-corrected chi connectivity index (χ0v) is 17.6. The fraction of sp³-hybridized carbons (Fsp3) is 0.400. The minimum absolute atomic E-state index is 0.0161. The van der Waals surface area contributed by atoms with Gasteiger partial charge in [0.25, 0.3) is 12.3 Å². The number of nitrogens with zero attached hydrogens (tertiary/aromatic N) is 4. The van der Waals surface area contributed by atoms with Crippen LogP contribution in [0.2, 0.25) is 0 Å². The van der Waals surface area contributed by atoms with Gasteiger partial charge in [0.1, 0.15) is 12.4 Å². The van der Waals surface area contributed by atoms with E-state index in [4.69, 9.17) is 11.5 Å². The first kappa shape index (κ1) is 23.3. The predicted octanol–water partition coefficient (Wildman–Crippen LogP) is 2.86. The third kappa shape index (κ3) is 5.25. The number of amides is 1. The highest BCUT2D eigenvalue weighted by atomic mass is 19.3. The highest BCUT2D eigenvalue weighted by molar-refractivity contribution is 6.00. The molecule has 0 fully saturated rings. The second-order valence-corrected chi connectivity index (χ2v) is 7.75. The van der Waals surface area contributed by atoms with Crippen LogP contribution in [-0.4, -0.2) is 44.7 Å². The Morgan fingerprint density at radius 3 is 2.59 bits per heavy atom. The zero-order valence-electron chi connectivity index (χ0n) is 17.6. The number of carbonyl (C=O) groups excluding carboxylic acids is 1. The van der Waals surface area contributed by atoms with Crippen molar-refractivity contribution >= 4 is 34.1 Å². The van der Waals surface area contributed by atoms with Gasteiger partial charge < -0.3 is 22.1 Å². The topological polar surface area (TPSA) is 137 Å². The third-order valence-electron chi connectivity index (χ3n) is 4.76. The van der Waals surface area contributed by atoms with E-state index in [9.17, 15) is 18.0 Å². The van der Waals surface area contributed by atoms with Crippen molar-refractivity contribution in [3.8, 4) is 0 Å². The molecule has 1 amide bonds. The molecule has 0 aliphatic heterocycles. The summed E-state index contributed by atoms with van der Waals surface area (Å²) in [5.41, 5.74) is 11.7. The van der Waals surface area contributed by atoms with E-state index >= 15 is 0 Å². The maximum atomic E-state index is 14.6. The fourth-order valence-corrected chi connectivity index (χ4v) is 3.34. The fourth-order valence-electron chi connectivity index (χ4n) is 3.34. The van der Waals surface area contributed by atoms with Gasteiger partial charge in [-0.1, -0.05) is 13.8 Å². The van der Waals surface area contributed by atoms with E-state index < -0.39 is 24.7 Å². The Hall–Kier alpha value is -3.41. The molecule has 3 rings (SSSR count). The van der Waals surface area contributed by atoms with E-state index in [2.05, 4.69) is 25.7 Å². The van der Waals surface area contributed by atoms with Gasteiger partial charge in [-0.05, 0) is 18.4 Å². The van der Waals surface area contributed by atoms with E-state index in [0.717, 1.165) is 10.7 Å². The van der Waals surface area contributed by atoms with Gasteiger partial charge in [0, 0.05) is 18.0 Å². The Balaban J connectivity index is 2.00. The molecule has 0 aliphatic carbocycles. The number of nitrogens with two attached hydrogens (primary N) is 2. The van der Waals surface area contributed by atoms with Crippen LogP contribution in [0, 0.1) is 11.7 Å². The van der Waals surface area contributed by atoms with Crippen molar-refractivity contribution in [1.82, 2.24) is 19.7 Å². The number of anilines is 3. The summed E-state index contributed by atoms with van der Waals surface area (Å²) >= 11 is 0. The molecule has 9 nitrogen and oxygen atoms in total. The number of alkyl halides is 2. The molecule has 0 unspecified atom stereocenters. The molecule has 0 radical (unpaired) electrons. The summed E-state index contributed by atoms with van der Waals surface area (Å²) in [7, 11) is 0. The summed E-state index contributed by atoms with van der Waals surface area (Å²) < 4.78 is 41.4. The first-order valence-electron chi connectivity index (χ1n) is 10.0. The van der Waals surface area contributed by atoms with E-state index in [1.165, 1.54) is 18.6 Å². The van der Waals surface area contributed by atoms with Crippen molar-refractivity contribution in [1.29, 1.82) is 0 Å². The van der Waals surface area contributed by atoms with Gasteiger partial charge in [0.05, 0.1) is 35.4 Å². The molecular formula is C20H25F3N8O. The Bertz CT molecular complexity index is 1100. The van der Waals surface area contributed by atoms with Gasteiger partial charge in [-0.2, -0.15) is 5.10 Å². The molecule has 3 heterocycles. The van der Waals surface area contributed by atoms with Crippen LogP contribution in [-0.2, 0) is 6.54 Å². The SMILES string of the molecule is CC(C)C[C@H](CN)Nc1nc(Nc2cncc3c2cnn3CC(F)F)c(C(N)=O)cc1F. The minimum Gasteiger partial charge on any atom is -0.365 e. The van der Waals surface area contributed by atoms with Gasteiger partial charge >= 0.3 is 0 Å². The quantitative estimate of drug-likeness (QED) is 0.373. The van der Waals surface area contributed by atoms with Crippen molar-refractivity contribution in [3.63, 3.8) is 0 Å². The second-order valence-electron chi connectivity index (χ2n) is 7.75. The average Bonchev–Trinajstić information content (AvgIpc) is 3.12. The maximum Gasteiger partial charge on any atom is 0.257 e. The van der Waals surface area contributed by atoms with E-state index in [-0.39, 0.29) is 29.8 Å². The zero-order chi connectivity index (χ0) is 23.4. The van der Waals surface area contributed by atoms with Crippen LogP contribution in [0.3, 0.4) is 0 Å². The Kier molecular flexibility index (Phi) is 7.13. The van der Waals surface area contributed by atoms with Gasteiger partial charge in [0.15, 0.2) is 11.6 Å². The van der Waals surface area contributed by atoms with Crippen LogP contribution in [0.4, 0.5) is 30.5 Å². The predicted molar refractivity (Wildman–Crippen MR) is 115 cm³/mol. The van der Waals surface area contributed by atoms with E-state index in [1.54, 1.807) is 0 Å². The number of pyridine rings is 2. The van der Waals surface area contributed by atoms with Crippen molar-refractivity contribution in [2.45, 2.75) is 39.3 Å². The number of fused-ring (bicyclic) bond motifs is 1. The van der Waals surface area contributed by atoms with E-state index in [1.807, 2.05) is 13.8 Å². The van der Waals surface area contributed by atoms with E-state index in [0.29, 0.717) is 28.9 Å². The summed E-state index contributed by atoms with van der Waals surface area (Å²) in [6, 6.07) is 0.749. The molecule has 0 aliphatic rings. The smallest absolute Gasteiger partial charge is 0.257 e. The van der Waals surface area contributed by atoms with Crippen LogP contribution < -0.4 is 22.1 Å². The summed E-state index contributed by atoms with van der Waals surface area (Å²) in [5, 5.41) is 10.3. The molecule has 3 aromatic heterocycles. The summed E-state index contributed by atoms with van der Waals surface area (Å²) in [5.74, 6) is -1.45. The highest BCUT2D eigenvalue weighted by Gasteiger charge is 2.20. The van der Waals surface area contributed by atoms with Gasteiger partial charge in [-0.25, -0.2) is 18.2 Å². The highest BCUT2D eigenvalue weighted by Crippen LogP contribution is 2.28. The lowest BCUT2D eigenvalue weighted by atomic mass is 10.0. The number of hydrogen-bond acceptors (Lipinski definition) is 7. The van der Waals surface area contributed by atoms with Crippen LogP contribution in [0.5, 0.6) is 0 Å². The number of halogens is 3. The lowest BCUT2D eigenvalue weighted by Crippen LogP contribution is -2.31. The Labute approximate surface area is 182 Å². The summed E-state index contributed by atoms with van der Waals surface area (Å²) in [6.07, 6.45) is 2.30. The number of carbonyl (C=O) groups is 1. The molecule has 3 aromatic rings. The third-order valence-corrected chi connectivity index (χ3v) is 4.76. The number of nitrogens with one attached hydrogen (secondary N) is 2. The molecule has 12 heteroatoms. The molecule has 0 aromatic carbocycles. The maximum absolute atomic E-state index is 14.6. The van der Waals surface area contributed by atoms with Gasteiger partial charge in [-0.15, -0.1) is 0 Å². The molecule has 32 heavy (non-hydrogen) atoms. The molecule has 1 atom stereocenters. The van der Waals surface area contributed by atoms with Crippen LogP contribution >= 0.6 is 0 Å². The van der Waals surface area contributed by atoms with Gasteiger partial charge in [-0.3, -0.25) is 14.5 Å². The second kappa shape index (κ2) is 9.81. The summed E-state index contributed by atoms with van der Waals surface area (Å²) in [4.78, 5) is 20.2. The number of rotatable bonds is 10. The minimum atomic E-state index is -2.59. The van der Waals surface area contributed by atoms with Crippen LogP contribution in [0.25, 0.3) is 10.9 Å². The molecular weight excluding hydrogens is 425 g/mol. The average molecular weight is 450 g/mol.